The van der Waals surface area contributed by atoms with E-state index in [0.29, 0.717) is 0 Å². The molecule has 0 saturated carbocycles. The molecule has 0 fully saturated rings. The predicted octanol–water partition coefficient (Wildman–Crippen LogP) is 3.03. The van der Waals surface area contributed by atoms with E-state index >= 15 is 0 Å². The first kappa shape index (κ1) is 9.71. The molecule has 2 aromatic rings. The number of nitrogens with zero attached hydrogens (tertiary/aromatic N) is 1. The number of aromatic nitrogens is 1. The summed E-state index contributed by atoms with van der Waals surface area (Å²) < 4.78 is 2.06. The summed E-state index contributed by atoms with van der Waals surface area (Å²) >= 11 is 0. The third-order valence-electron chi connectivity index (χ3n) is 2.39. The first-order valence-electron chi connectivity index (χ1n) is 4.90. The highest BCUT2D eigenvalue weighted by molar-refractivity contribution is 5.97. The summed E-state index contributed by atoms with van der Waals surface area (Å²) in [5, 5.41) is 1.01. The normalized spacial score (nSPS) is 10.5. The van der Waals surface area contributed by atoms with Crippen LogP contribution in [-0.4, -0.2) is 10.9 Å². The maximum atomic E-state index is 10.9. The van der Waals surface area contributed by atoms with Crippen molar-refractivity contribution < 1.29 is 4.79 Å². The van der Waals surface area contributed by atoms with Crippen LogP contribution in [-0.2, 0) is 6.54 Å². The van der Waals surface area contributed by atoms with Crippen LogP contribution in [0.5, 0.6) is 0 Å². The second kappa shape index (κ2) is 3.73. The van der Waals surface area contributed by atoms with Gasteiger partial charge in [-0.15, -0.1) is 0 Å². The van der Waals surface area contributed by atoms with Crippen molar-refractivity contribution in [3.8, 4) is 0 Å². The number of para-hydroxylation sites is 1. The van der Waals surface area contributed by atoms with E-state index in [1.807, 2.05) is 37.4 Å². The van der Waals surface area contributed by atoms with Crippen molar-refractivity contribution in [2.75, 3.05) is 0 Å². The molecule has 2 heteroatoms. The molecule has 15 heavy (non-hydrogen) atoms. The van der Waals surface area contributed by atoms with Crippen LogP contribution in [0.4, 0.5) is 0 Å². The van der Waals surface area contributed by atoms with Gasteiger partial charge in [0, 0.05) is 29.2 Å². The predicted molar refractivity (Wildman–Crippen MR) is 62.1 cm³/mol. The minimum atomic E-state index is 0.742. The fourth-order valence-electron chi connectivity index (χ4n) is 1.79. The molecule has 0 atom stereocenters. The topological polar surface area (TPSA) is 22.0 Å². The van der Waals surface area contributed by atoms with Gasteiger partial charge in [0.2, 0.25) is 0 Å². The molecule has 0 saturated heterocycles. The second-order valence-corrected chi connectivity index (χ2v) is 3.80. The Balaban J connectivity index is 2.64. The van der Waals surface area contributed by atoms with Gasteiger partial charge in [0.25, 0.3) is 0 Å². The maximum absolute atomic E-state index is 10.9. The summed E-state index contributed by atoms with van der Waals surface area (Å²) in [4.78, 5) is 10.9. The molecule has 0 spiro atoms. The first-order valence-corrected chi connectivity index (χ1v) is 4.90. The third kappa shape index (κ3) is 1.71. The number of allylic oxidation sites excluding steroid dienone is 1. The Labute approximate surface area is 88.8 Å². The fraction of sp³-hybridized carbons (Fsp3) is 0.154. The summed E-state index contributed by atoms with van der Waals surface area (Å²) in [6, 6.07) is 7.91. The lowest BCUT2D eigenvalue weighted by Gasteiger charge is -2.03. The molecule has 2 nitrogen and oxygen atoms in total. The quantitative estimate of drug-likeness (QED) is 0.550. The zero-order valence-corrected chi connectivity index (χ0v) is 8.73. The maximum Gasteiger partial charge on any atom is 0.152 e. The molecule has 0 amide bonds. The van der Waals surface area contributed by atoms with E-state index in [1.54, 1.807) is 0 Å². The van der Waals surface area contributed by atoms with E-state index in [9.17, 15) is 4.79 Å². The molecule has 1 aromatic heterocycles. The Morgan fingerprint density at radius 1 is 1.47 bits per heavy atom. The van der Waals surface area contributed by atoms with E-state index in [-0.39, 0.29) is 0 Å². The molecule has 0 N–H and O–H groups in total. The van der Waals surface area contributed by atoms with Gasteiger partial charge in [-0.1, -0.05) is 30.4 Å². The Hall–Kier alpha value is -1.83. The standard InChI is InChI=1S/C13H13NO/c1-10(2)7-14-8-11(9-15)12-5-3-4-6-13(12)14/h3-6,8-9H,1,7H2,2H3. The van der Waals surface area contributed by atoms with Crippen LogP contribution in [0.25, 0.3) is 10.9 Å². The fourth-order valence-corrected chi connectivity index (χ4v) is 1.79. The Morgan fingerprint density at radius 2 is 2.20 bits per heavy atom. The van der Waals surface area contributed by atoms with Crippen molar-refractivity contribution in [1.82, 2.24) is 4.57 Å². The van der Waals surface area contributed by atoms with Gasteiger partial charge in [-0.2, -0.15) is 0 Å². The van der Waals surface area contributed by atoms with Gasteiger partial charge >= 0.3 is 0 Å². The molecule has 76 valence electrons. The number of aldehydes is 1. The number of carbonyl (C=O) groups excluding carboxylic acids is 1. The minimum Gasteiger partial charge on any atom is -0.343 e. The van der Waals surface area contributed by atoms with Crippen LogP contribution in [0, 0.1) is 0 Å². The van der Waals surface area contributed by atoms with Crippen molar-refractivity contribution in [3.63, 3.8) is 0 Å². The average Bonchev–Trinajstić information content (AvgIpc) is 2.56. The number of hydrogen-bond donors (Lipinski definition) is 0. The molecule has 1 heterocycles. The van der Waals surface area contributed by atoms with Gasteiger partial charge in [-0.3, -0.25) is 4.79 Å². The summed E-state index contributed by atoms with van der Waals surface area (Å²) in [6.45, 7) is 6.62. The molecule has 0 radical (unpaired) electrons. The van der Waals surface area contributed by atoms with Crippen molar-refractivity contribution in [3.05, 3.63) is 48.2 Å². The van der Waals surface area contributed by atoms with Crippen LogP contribution < -0.4 is 0 Å². The molecule has 0 aliphatic carbocycles. The highest BCUT2D eigenvalue weighted by Gasteiger charge is 2.06. The van der Waals surface area contributed by atoms with Gasteiger partial charge in [0.05, 0.1) is 0 Å². The summed E-state index contributed by atoms with van der Waals surface area (Å²) in [5.74, 6) is 0. The second-order valence-electron chi connectivity index (χ2n) is 3.80. The van der Waals surface area contributed by atoms with E-state index in [2.05, 4.69) is 11.1 Å². The average molecular weight is 199 g/mol. The molecule has 0 aliphatic heterocycles. The van der Waals surface area contributed by atoms with Gasteiger partial charge < -0.3 is 4.57 Å². The van der Waals surface area contributed by atoms with Crippen LogP contribution in [0.1, 0.15) is 17.3 Å². The van der Waals surface area contributed by atoms with Crippen molar-refractivity contribution in [1.29, 1.82) is 0 Å². The third-order valence-corrected chi connectivity index (χ3v) is 2.39. The van der Waals surface area contributed by atoms with E-state index in [4.69, 9.17) is 0 Å². The summed E-state index contributed by atoms with van der Waals surface area (Å²) in [5.41, 5.74) is 2.91. The lowest BCUT2D eigenvalue weighted by molar-refractivity contribution is 0.112. The largest absolute Gasteiger partial charge is 0.343 e. The number of carbonyl (C=O) groups is 1. The van der Waals surface area contributed by atoms with Gasteiger partial charge in [0.1, 0.15) is 0 Å². The van der Waals surface area contributed by atoms with E-state index in [1.165, 1.54) is 0 Å². The summed E-state index contributed by atoms with van der Waals surface area (Å²) in [6.07, 6.45) is 2.78. The lowest BCUT2D eigenvalue weighted by Crippen LogP contribution is -1.95. The number of fused-ring (bicyclic) bond motifs is 1. The van der Waals surface area contributed by atoms with E-state index in [0.717, 1.165) is 34.9 Å². The molecule has 1 aromatic carbocycles. The molecule has 0 aliphatic rings. The number of benzene rings is 1. The van der Waals surface area contributed by atoms with Crippen molar-refractivity contribution >= 4 is 17.2 Å². The first-order chi connectivity index (χ1) is 7.22. The zero-order chi connectivity index (χ0) is 10.8. The van der Waals surface area contributed by atoms with Crippen molar-refractivity contribution in [2.45, 2.75) is 13.5 Å². The highest BCUT2D eigenvalue weighted by Crippen LogP contribution is 2.20. The molecule has 0 bridgehead atoms. The van der Waals surface area contributed by atoms with Crippen LogP contribution in [0.2, 0.25) is 0 Å². The van der Waals surface area contributed by atoms with Crippen LogP contribution >= 0.6 is 0 Å². The number of hydrogen-bond acceptors (Lipinski definition) is 1. The number of rotatable bonds is 3. The Morgan fingerprint density at radius 3 is 2.87 bits per heavy atom. The Bertz CT molecular complexity index is 522. The molecule has 0 unspecified atom stereocenters. The summed E-state index contributed by atoms with van der Waals surface area (Å²) in [7, 11) is 0. The van der Waals surface area contributed by atoms with Crippen LogP contribution in [0.15, 0.2) is 42.6 Å². The van der Waals surface area contributed by atoms with Gasteiger partial charge in [0.15, 0.2) is 6.29 Å². The van der Waals surface area contributed by atoms with E-state index < -0.39 is 0 Å². The van der Waals surface area contributed by atoms with Gasteiger partial charge in [-0.25, -0.2) is 0 Å². The zero-order valence-electron chi connectivity index (χ0n) is 8.73. The Kier molecular flexibility index (Phi) is 2.42. The highest BCUT2D eigenvalue weighted by atomic mass is 16.1. The monoisotopic (exact) mass is 199 g/mol. The molecular weight excluding hydrogens is 186 g/mol. The molecular formula is C13H13NO. The molecule has 2 rings (SSSR count). The minimum absolute atomic E-state index is 0.742. The smallest absolute Gasteiger partial charge is 0.152 e. The van der Waals surface area contributed by atoms with Crippen molar-refractivity contribution in [2.24, 2.45) is 0 Å². The van der Waals surface area contributed by atoms with Crippen LogP contribution in [0.3, 0.4) is 0 Å². The van der Waals surface area contributed by atoms with Gasteiger partial charge in [-0.05, 0) is 13.0 Å². The SMILES string of the molecule is C=C(C)Cn1cc(C=O)c2ccccc21. The lowest BCUT2D eigenvalue weighted by atomic mass is 10.2.